The van der Waals surface area contributed by atoms with Crippen molar-refractivity contribution < 1.29 is 9.53 Å². The zero-order valence-corrected chi connectivity index (χ0v) is 14.8. The van der Waals surface area contributed by atoms with Crippen LogP contribution in [0.15, 0.2) is 48.8 Å². The van der Waals surface area contributed by atoms with E-state index in [1.165, 1.54) is 0 Å². The number of amides is 1. The van der Waals surface area contributed by atoms with Crippen LogP contribution in [0.25, 0.3) is 11.0 Å². The summed E-state index contributed by atoms with van der Waals surface area (Å²) >= 11 is 0. The van der Waals surface area contributed by atoms with E-state index in [0.29, 0.717) is 24.6 Å². The fourth-order valence-electron chi connectivity index (χ4n) is 3.38. The van der Waals surface area contributed by atoms with Crippen LogP contribution in [0, 0.1) is 5.92 Å². The Morgan fingerprint density at radius 1 is 1.31 bits per heavy atom. The predicted molar refractivity (Wildman–Crippen MR) is 99.0 cm³/mol. The van der Waals surface area contributed by atoms with E-state index >= 15 is 0 Å². The molecule has 0 saturated carbocycles. The van der Waals surface area contributed by atoms with E-state index in [9.17, 15) is 4.79 Å². The smallest absolute Gasteiger partial charge is 0.255 e. The van der Waals surface area contributed by atoms with Gasteiger partial charge < -0.3 is 9.64 Å². The Morgan fingerprint density at radius 3 is 2.92 bits per heavy atom. The van der Waals surface area contributed by atoms with E-state index in [-0.39, 0.29) is 5.91 Å². The molecule has 1 unspecified atom stereocenters. The van der Waals surface area contributed by atoms with Crippen molar-refractivity contribution in [1.29, 1.82) is 0 Å². The van der Waals surface area contributed by atoms with Crippen LogP contribution in [-0.4, -0.2) is 52.4 Å². The van der Waals surface area contributed by atoms with Gasteiger partial charge in [-0.05, 0) is 18.1 Å². The standard InChI is InChI=1S/C20H22N4O2/c1-23(12-16-7-8-26-14-16)20(25)18-9-17-11-22-24(19(17)21-10-18)13-15-5-3-2-4-6-15/h2-6,9-11,16H,7-8,12-14H2,1H3. The first-order chi connectivity index (χ1) is 12.7. The molecule has 0 aliphatic carbocycles. The van der Waals surface area contributed by atoms with Gasteiger partial charge in [-0.1, -0.05) is 30.3 Å². The van der Waals surface area contributed by atoms with Crippen LogP contribution in [0.4, 0.5) is 0 Å². The van der Waals surface area contributed by atoms with E-state index in [1.807, 2.05) is 36.0 Å². The molecule has 4 rings (SSSR count). The minimum absolute atomic E-state index is 0.0119. The first-order valence-corrected chi connectivity index (χ1v) is 8.89. The summed E-state index contributed by atoms with van der Waals surface area (Å²) < 4.78 is 7.25. The molecule has 0 bridgehead atoms. The molecule has 134 valence electrons. The molecule has 2 aromatic heterocycles. The third kappa shape index (κ3) is 3.46. The largest absolute Gasteiger partial charge is 0.381 e. The predicted octanol–water partition coefficient (Wildman–Crippen LogP) is 2.59. The number of benzene rings is 1. The summed E-state index contributed by atoms with van der Waals surface area (Å²) in [4.78, 5) is 19.0. The van der Waals surface area contributed by atoms with Gasteiger partial charge in [-0.2, -0.15) is 5.10 Å². The molecule has 1 aliphatic rings. The fraction of sp³-hybridized carbons (Fsp3) is 0.350. The summed E-state index contributed by atoms with van der Waals surface area (Å²) in [5, 5.41) is 5.31. The third-order valence-electron chi connectivity index (χ3n) is 4.80. The molecule has 1 amide bonds. The zero-order valence-electron chi connectivity index (χ0n) is 14.8. The minimum Gasteiger partial charge on any atom is -0.381 e. The quantitative estimate of drug-likeness (QED) is 0.710. The van der Waals surface area contributed by atoms with Gasteiger partial charge in [0.2, 0.25) is 0 Å². The van der Waals surface area contributed by atoms with Crippen molar-refractivity contribution in [2.45, 2.75) is 13.0 Å². The van der Waals surface area contributed by atoms with Crippen molar-refractivity contribution in [3.05, 3.63) is 59.9 Å². The molecule has 3 aromatic rings. The second-order valence-electron chi connectivity index (χ2n) is 6.84. The topological polar surface area (TPSA) is 60.2 Å². The van der Waals surface area contributed by atoms with Gasteiger partial charge in [0.1, 0.15) is 0 Å². The van der Waals surface area contributed by atoms with Crippen molar-refractivity contribution in [2.24, 2.45) is 5.92 Å². The van der Waals surface area contributed by atoms with Crippen molar-refractivity contribution in [3.63, 3.8) is 0 Å². The molecule has 0 N–H and O–H groups in total. The average molecular weight is 350 g/mol. The first-order valence-electron chi connectivity index (χ1n) is 8.89. The van der Waals surface area contributed by atoms with E-state index in [0.717, 1.165) is 36.2 Å². The maximum Gasteiger partial charge on any atom is 0.255 e. The Morgan fingerprint density at radius 2 is 2.15 bits per heavy atom. The zero-order chi connectivity index (χ0) is 17.9. The Kier molecular flexibility index (Phi) is 4.67. The highest BCUT2D eigenvalue weighted by molar-refractivity contribution is 5.96. The summed E-state index contributed by atoms with van der Waals surface area (Å²) in [5.41, 5.74) is 2.55. The highest BCUT2D eigenvalue weighted by Crippen LogP contribution is 2.18. The lowest BCUT2D eigenvalue weighted by molar-refractivity contribution is 0.0766. The van der Waals surface area contributed by atoms with Crippen LogP contribution in [-0.2, 0) is 11.3 Å². The molecule has 1 fully saturated rings. The van der Waals surface area contributed by atoms with Crippen LogP contribution in [0.2, 0.25) is 0 Å². The number of rotatable bonds is 5. The lowest BCUT2D eigenvalue weighted by Gasteiger charge is -2.20. The number of hydrogen-bond donors (Lipinski definition) is 0. The fourth-order valence-corrected chi connectivity index (χ4v) is 3.38. The number of carbonyl (C=O) groups is 1. The highest BCUT2D eigenvalue weighted by Gasteiger charge is 2.21. The second kappa shape index (κ2) is 7.25. The Balaban J connectivity index is 1.51. The van der Waals surface area contributed by atoms with Gasteiger partial charge in [0, 0.05) is 37.7 Å². The third-order valence-corrected chi connectivity index (χ3v) is 4.80. The SMILES string of the molecule is CN(CC1CCOC1)C(=O)c1cnc2c(cnn2Cc2ccccc2)c1. The normalized spacial score (nSPS) is 16.9. The number of hydrogen-bond acceptors (Lipinski definition) is 4. The summed E-state index contributed by atoms with van der Waals surface area (Å²) in [6.45, 7) is 2.90. The Labute approximate surface area is 152 Å². The van der Waals surface area contributed by atoms with E-state index in [4.69, 9.17) is 4.74 Å². The van der Waals surface area contributed by atoms with Crippen LogP contribution in [0.5, 0.6) is 0 Å². The van der Waals surface area contributed by atoms with Gasteiger partial charge in [-0.3, -0.25) is 4.79 Å². The monoisotopic (exact) mass is 350 g/mol. The van der Waals surface area contributed by atoms with Crippen molar-refractivity contribution in [1.82, 2.24) is 19.7 Å². The van der Waals surface area contributed by atoms with Crippen LogP contribution >= 0.6 is 0 Å². The molecule has 0 radical (unpaired) electrons. The molecule has 6 nitrogen and oxygen atoms in total. The van der Waals surface area contributed by atoms with Gasteiger partial charge >= 0.3 is 0 Å². The number of nitrogens with zero attached hydrogens (tertiary/aromatic N) is 4. The maximum absolute atomic E-state index is 12.7. The molecular weight excluding hydrogens is 328 g/mol. The van der Waals surface area contributed by atoms with Crippen molar-refractivity contribution in [2.75, 3.05) is 26.8 Å². The highest BCUT2D eigenvalue weighted by atomic mass is 16.5. The Bertz CT molecular complexity index is 901. The van der Waals surface area contributed by atoms with Gasteiger partial charge in [0.15, 0.2) is 5.65 Å². The van der Waals surface area contributed by atoms with Crippen molar-refractivity contribution >= 4 is 16.9 Å². The lowest BCUT2D eigenvalue weighted by Crippen LogP contribution is -2.32. The average Bonchev–Trinajstić information content (AvgIpc) is 3.32. The van der Waals surface area contributed by atoms with Crippen LogP contribution < -0.4 is 0 Å². The Hall–Kier alpha value is -2.73. The number of ether oxygens (including phenoxy) is 1. The van der Waals surface area contributed by atoms with E-state index < -0.39 is 0 Å². The van der Waals surface area contributed by atoms with Crippen LogP contribution in [0.1, 0.15) is 22.3 Å². The number of pyridine rings is 1. The molecule has 1 aromatic carbocycles. The molecular formula is C20H22N4O2. The molecule has 1 atom stereocenters. The van der Waals surface area contributed by atoms with E-state index in [1.54, 1.807) is 17.3 Å². The second-order valence-corrected chi connectivity index (χ2v) is 6.84. The van der Waals surface area contributed by atoms with Crippen molar-refractivity contribution in [3.8, 4) is 0 Å². The maximum atomic E-state index is 12.7. The number of aromatic nitrogens is 3. The van der Waals surface area contributed by atoms with E-state index in [2.05, 4.69) is 22.2 Å². The first kappa shape index (κ1) is 16.7. The number of fused-ring (bicyclic) bond motifs is 1. The lowest BCUT2D eigenvalue weighted by atomic mass is 10.1. The van der Waals surface area contributed by atoms with Gasteiger partial charge in [0.05, 0.1) is 24.9 Å². The van der Waals surface area contributed by atoms with Gasteiger partial charge in [0.25, 0.3) is 5.91 Å². The summed E-state index contributed by atoms with van der Waals surface area (Å²) in [6.07, 6.45) is 4.43. The molecule has 1 saturated heterocycles. The molecule has 0 spiro atoms. The molecule has 26 heavy (non-hydrogen) atoms. The molecule has 3 heterocycles. The summed E-state index contributed by atoms with van der Waals surface area (Å²) in [5.74, 6) is 0.413. The van der Waals surface area contributed by atoms with Gasteiger partial charge in [-0.25, -0.2) is 9.67 Å². The molecule has 6 heteroatoms. The van der Waals surface area contributed by atoms with Crippen LogP contribution in [0.3, 0.4) is 0 Å². The summed E-state index contributed by atoms with van der Waals surface area (Å²) in [7, 11) is 1.84. The minimum atomic E-state index is -0.0119. The number of carbonyl (C=O) groups excluding carboxylic acids is 1. The summed E-state index contributed by atoms with van der Waals surface area (Å²) in [6, 6.07) is 12.0. The molecule has 1 aliphatic heterocycles. The van der Waals surface area contributed by atoms with Gasteiger partial charge in [-0.15, -0.1) is 0 Å².